The molecule has 0 saturated carbocycles. The van der Waals surface area contributed by atoms with Gasteiger partial charge in [0, 0.05) is 19.7 Å². The van der Waals surface area contributed by atoms with E-state index in [1.165, 1.54) is 38.4 Å². The minimum Gasteiger partial charge on any atom is -0.495 e. The first-order valence-corrected chi connectivity index (χ1v) is 11.7. The maximum Gasteiger partial charge on any atom is 0.264 e. The molecule has 0 atom stereocenters. The predicted molar refractivity (Wildman–Crippen MR) is 127 cm³/mol. The molecule has 170 valence electrons. The SMILES string of the molecule is COc1ccccc1N(C)S(=O)(=O)c1ccc(C(=O)NCc2nc3ccccc3n2C)cc1. The second kappa shape index (κ2) is 8.95. The summed E-state index contributed by atoms with van der Waals surface area (Å²) in [7, 11) is 1.01. The Balaban J connectivity index is 1.49. The van der Waals surface area contributed by atoms with Gasteiger partial charge >= 0.3 is 0 Å². The lowest BCUT2D eigenvalue weighted by Gasteiger charge is -2.21. The lowest BCUT2D eigenvalue weighted by molar-refractivity contribution is 0.0949. The highest BCUT2D eigenvalue weighted by atomic mass is 32.2. The fourth-order valence-corrected chi connectivity index (χ4v) is 4.78. The lowest BCUT2D eigenvalue weighted by atomic mass is 10.2. The molecule has 0 radical (unpaired) electrons. The summed E-state index contributed by atoms with van der Waals surface area (Å²) in [6, 6.07) is 20.4. The molecule has 0 saturated heterocycles. The number of nitrogens with one attached hydrogen (secondary N) is 1. The van der Waals surface area contributed by atoms with Crippen LogP contribution >= 0.6 is 0 Å². The minimum absolute atomic E-state index is 0.0720. The quantitative estimate of drug-likeness (QED) is 0.453. The van der Waals surface area contributed by atoms with Gasteiger partial charge in [-0.3, -0.25) is 9.10 Å². The Labute approximate surface area is 192 Å². The van der Waals surface area contributed by atoms with Crippen LogP contribution in [0.3, 0.4) is 0 Å². The first-order chi connectivity index (χ1) is 15.8. The summed E-state index contributed by atoms with van der Waals surface area (Å²) in [4.78, 5) is 17.2. The third-order valence-electron chi connectivity index (χ3n) is 5.49. The van der Waals surface area contributed by atoms with E-state index in [1.54, 1.807) is 24.3 Å². The monoisotopic (exact) mass is 464 g/mol. The summed E-state index contributed by atoms with van der Waals surface area (Å²) in [6.45, 7) is 0.251. The fraction of sp³-hybridized carbons (Fsp3) is 0.167. The van der Waals surface area contributed by atoms with E-state index in [9.17, 15) is 13.2 Å². The van der Waals surface area contributed by atoms with Crippen LogP contribution in [0, 0.1) is 0 Å². The van der Waals surface area contributed by atoms with E-state index < -0.39 is 10.0 Å². The third-order valence-corrected chi connectivity index (χ3v) is 7.27. The number of hydrogen-bond donors (Lipinski definition) is 1. The van der Waals surface area contributed by atoms with Crippen LogP contribution in [0.4, 0.5) is 5.69 Å². The molecule has 0 aliphatic heterocycles. The molecule has 1 heterocycles. The Morgan fingerprint density at radius 1 is 1.03 bits per heavy atom. The number of aryl methyl sites for hydroxylation is 1. The first-order valence-electron chi connectivity index (χ1n) is 10.2. The number of hydrogen-bond acceptors (Lipinski definition) is 5. The Bertz CT molecular complexity index is 1410. The number of para-hydroxylation sites is 4. The van der Waals surface area contributed by atoms with Crippen molar-refractivity contribution >= 4 is 32.7 Å². The van der Waals surface area contributed by atoms with E-state index >= 15 is 0 Å². The van der Waals surface area contributed by atoms with Gasteiger partial charge in [0.05, 0.1) is 35.3 Å². The van der Waals surface area contributed by atoms with Gasteiger partial charge in [-0.2, -0.15) is 0 Å². The highest BCUT2D eigenvalue weighted by Crippen LogP contribution is 2.30. The number of benzene rings is 3. The summed E-state index contributed by atoms with van der Waals surface area (Å²) < 4.78 is 34.5. The minimum atomic E-state index is -3.83. The Kier molecular flexibility index (Phi) is 6.06. The maximum absolute atomic E-state index is 13.1. The van der Waals surface area contributed by atoms with Gasteiger partial charge in [0.15, 0.2) is 0 Å². The normalized spacial score (nSPS) is 11.4. The molecule has 4 aromatic rings. The average molecular weight is 465 g/mol. The van der Waals surface area contributed by atoms with Crippen molar-refractivity contribution in [3.8, 4) is 5.75 Å². The van der Waals surface area contributed by atoms with Gasteiger partial charge < -0.3 is 14.6 Å². The summed E-state index contributed by atoms with van der Waals surface area (Å²) in [5, 5.41) is 2.84. The van der Waals surface area contributed by atoms with Crippen molar-refractivity contribution in [2.45, 2.75) is 11.4 Å². The smallest absolute Gasteiger partial charge is 0.264 e. The summed E-state index contributed by atoms with van der Waals surface area (Å²) >= 11 is 0. The Morgan fingerprint density at radius 2 is 1.70 bits per heavy atom. The van der Waals surface area contributed by atoms with Gasteiger partial charge in [0.1, 0.15) is 11.6 Å². The molecule has 0 aliphatic carbocycles. The summed E-state index contributed by atoms with van der Waals surface area (Å²) in [5.41, 5.74) is 2.62. The van der Waals surface area contributed by atoms with Crippen LogP contribution in [0.1, 0.15) is 16.2 Å². The second-order valence-corrected chi connectivity index (χ2v) is 9.40. The number of imidazole rings is 1. The zero-order chi connectivity index (χ0) is 23.6. The van der Waals surface area contributed by atoms with Gasteiger partial charge in [0.25, 0.3) is 15.9 Å². The van der Waals surface area contributed by atoms with Crippen molar-refractivity contribution in [3.05, 3.63) is 84.2 Å². The predicted octanol–water partition coefficient (Wildman–Crippen LogP) is 3.34. The molecule has 8 nitrogen and oxygen atoms in total. The number of nitrogens with zero attached hydrogens (tertiary/aromatic N) is 3. The topological polar surface area (TPSA) is 93.5 Å². The molecule has 4 rings (SSSR count). The van der Waals surface area contributed by atoms with Crippen molar-refractivity contribution in [2.75, 3.05) is 18.5 Å². The van der Waals surface area contributed by atoms with Crippen molar-refractivity contribution in [3.63, 3.8) is 0 Å². The van der Waals surface area contributed by atoms with E-state index in [0.717, 1.165) is 21.2 Å². The zero-order valence-corrected chi connectivity index (χ0v) is 19.3. The summed E-state index contributed by atoms with van der Waals surface area (Å²) in [5.74, 6) is 0.854. The largest absolute Gasteiger partial charge is 0.495 e. The third kappa shape index (κ3) is 4.27. The molecule has 0 aliphatic rings. The van der Waals surface area contributed by atoms with Crippen LogP contribution < -0.4 is 14.4 Å². The van der Waals surface area contributed by atoms with Gasteiger partial charge in [-0.05, 0) is 48.5 Å². The highest BCUT2D eigenvalue weighted by molar-refractivity contribution is 7.92. The van der Waals surface area contributed by atoms with Crippen molar-refractivity contribution in [1.29, 1.82) is 0 Å². The van der Waals surface area contributed by atoms with Crippen LogP contribution in [0.5, 0.6) is 5.75 Å². The molecule has 1 amide bonds. The second-order valence-electron chi connectivity index (χ2n) is 7.43. The van der Waals surface area contributed by atoms with Gasteiger partial charge in [-0.1, -0.05) is 24.3 Å². The number of aromatic nitrogens is 2. The fourth-order valence-electron chi connectivity index (χ4n) is 3.57. The molecule has 33 heavy (non-hydrogen) atoms. The van der Waals surface area contributed by atoms with Crippen LogP contribution in [0.25, 0.3) is 11.0 Å². The van der Waals surface area contributed by atoms with Gasteiger partial charge in [0.2, 0.25) is 0 Å². The molecule has 0 bridgehead atoms. The Morgan fingerprint density at radius 3 is 2.39 bits per heavy atom. The number of methoxy groups -OCH3 is 1. The van der Waals surface area contributed by atoms with Crippen LogP contribution in [-0.4, -0.2) is 38.0 Å². The molecule has 0 unspecified atom stereocenters. The van der Waals surface area contributed by atoms with Crippen molar-refractivity contribution < 1.29 is 17.9 Å². The number of carbonyl (C=O) groups excluding carboxylic acids is 1. The van der Waals surface area contributed by atoms with Crippen LogP contribution in [-0.2, 0) is 23.6 Å². The Hall–Kier alpha value is -3.85. The number of rotatable bonds is 7. The molecule has 0 fully saturated rings. The highest BCUT2D eigenvalue weighted by Gasteiger charge is 2.24. The number of ether oxygens (including phenoxy) is 1. The zero-order valence-electron chi connectivity index (χ0n) is 18.5. The molecule has 9 heteroatoms. The number of amides is 1. The van der Waals surface area contributed by atoms with E-state index in [2.05, 4.69) is 10.3 Å². The first kappa shape index (κ1) is 22.3. The maximum atomic E-state index is 13.1. The molecule has 0 spiro atoms. The average Bonchev–Trinajstić information content (AvgIpc) is 3.17. The molecule has 1 N–H and O–H groups in total. The molecular formula is C24H24N4O4S. The molecule has 3 aromatic carbocycles. The number of anilines is 1. The van der Waals surface area contributed by atoms with E-state index in [0.29, 0.717) is 17.0 Å². The van der Waals surface area contributed by atoms with E-state index in [1.807, 2.05) is 35.9 Å². The van der Waals surface area contributed by atoms with Crippen molar-refractivity contribution in [1.82, 2.24) is 14.9 Å². The summed E-state index contributed by atoms with van der Waals surface area (Å²) in [6.07, 6.45) is 0. The number of fused-ring (bicyclic) bond motifs is 1. The van der Waals surface area contributed by atoms with Crippen LogP contribution in [0.2, 0.25) is 0 Å². The van der Waals surface area contributed by atoms with Crippen molar-refractivity contribution in [2.24, 2.45) is 7.05 Å². The van der Waals surface area contributed by atoms with E-state index in [-0.39, 0.29) is 17.3 Å². The van der Waals surface area contributed by atoms with Gasteiger partial charge in [-0.15, -0.1) is 0 Å². The standard InChI is InChI=1S/C24H24N4O4S/c1-27-20-9-5-4-8-19(20)26-23(27)16-25-24(29)17-12-14-18(15-13-17)33(30,31)28(2)21-10-6-7-11-22(21)32-3/h4-15H,16H2,1-3H3,(H,25,29). The lowest BCUT2D eigenvalue weighted by Crippen LogP contribution is -2.27. The molecular weight excluding hydrogens is 440 g/mol. The molecule has 1 aromatic heterocycles. The number of carbonyl (C=O) groups is 1. The van der Waals surface area contributed by atoms with Gasteiger partial charge in [-0.25, -0.2) is 13.4 Å². The number of sulfonamides is 1. The van der Waals surface area contributed by atoms with E-state index in [4.69, 9.17) is 4.74 Å². The van der Waals surface area contributed by atoms with Crippen LogP contribution in [0.15, 0.2) is 77.7 Å².